The molecule has 28 heavy (non-hydrogen) atoms. The Balaban J connectivity index is 1.65. The number of hydrazone groups is 1. The third kappa shape index (κ3) is 5.23. The lowest BCUT2D eigenvalue weighted by molar-refractivity contribution is 0.00690. The highest BCUT2D eigenvalue weighted by molar-refractivity contribution is 7.14. The summed E-state index contributed by atoms with van der Waals surface area (Å²) < 4.78 is 19.5. The van der Waals surface area contributed by atoms with Gasteiger partial charge in [0.15, 0.2) is 0 Å². The number of ether oxygens (including phenoxy) is 1. The number of esters is 1. The number of rotatable bonds is 5. The molecule has 3 aromatic rings. The van der Waals surface area contributed by atoms with Crippen molar-refractivity contribution in [3.63, 3.8) is 0 Å². The first-order chi connectivity index (χ1) is 13.3. The van der Waals surface area contributed by atoms with Gasteiger partial charge in [-0.2, -0.15) is 5.10 Å². The highest BCUT2D eigenvalue weighted by atomic mass is 32.1. The van der Waals surface area contributed by atoms with Crippen LogP contribution in [0, 0.1) is 5.82 Å². The number of nitrogens with one attached hydrogen (secondary N) is 1. The van der Waals surface area contributed by atoms with Crippen LogP contribution in [0.3, 0.4) is 0 Å². The molecule has 1 aromatic heterocycles. The maximum absolute atomic E-state index is 14.3. The third-order valence-corrected chi connectivity index (χ3v) is 4.32. The standard InChI is InChI=1S/C21H20FN3O2S/c1-21(2,3)27-19(26)15-9-10-16(17(22)11-15)12-23-25-20-24-18(13-28-20)14-7-5-4-6-8-14/h4-13H,1-3H3,(H,24,25). The third-order valence-electron chi connectivity index (χ3n) is 3.57. The van der Waals surface area contributed by atoms with E-state index >= 15 is 0 Å². The van der Waals surface area contributed by atoms with Crippen LogP contribution in [-0.4, -0.2) is 22.8 Å². The summed E-state index contributed by atoms with van der Waals surface area (Å²) in [7, 11) is 0. The monoisotopic (exact) mass is 397 g/mol. The van der Waals surface area contributed by atoms with Crippen molar-refractivity contribution in [2.75, 3.05) is 5.43 Å². The van der Waals surface area contributed by atoms with Gasteiger partial charge in [-0.3, -0.25) is 5.43 Å². The summed E-state index contributed by atoms with van der Waals surface area (Å²) in [6.07, 6.45) is 1.35. The molecule has 0 radical (unpaired) electrons. The Morgan fingerprint density at radius 1 is 1.21 bits per heavy atom. The molecule has 0 saturated carbocycles. The Bertz CT molecular complexity index is 994. The van der Waals surface area contributed by atoms with Gasteiger partial charge in [0, 0.05) is 16.5 Å². The molecule has 0 aliphatic heterocycles. The van der Waals surface area contributed by atoms with Gasteiger partial charge in [0.1, 0.15) is 11.4 Å². The minimum atomic E-state index is -0.635. The molecule has 0 fully saturated rings. The van der Waals surface area contributed by atoms with Crippen LogP contribution in [0.5, 0.6) is 0 Å². The van der Waals surface area contributed by atoms with E-state index in [1.807, 2.05) is 35.7 Å². The largest absolute Gasteiger partial charge is 0.456 e. The second-order valence-electron chi connectivity index (χ2n) is 7.01. The van der Waals surface area contributed by atoms with Gasteiger partial charge in [-0.25, -0.2) is 14.2 Å². The SMILES string of the molecule is CC(C)(C)OC(=O)c1ccc(C=NNc2nc(-c3ccccc3)cs2)c(F)c1. The van der Waals surface area contributed by atoms with E-state index in [0.717, 1.165) is 17.3 Å². The van der Waals surface area contributed by atoms with Crippen molar-refractivity contribution in [3.05, 3.63) is 70.9 Å². The van der Waals surface area contributed by atoms with Crippen LogP contribution < -0.4 is 5.43 Å². The van der Waals surface area contributed by atoms with Gasteiger partial charge in [-0.1, -0.05) is 30.3 Å². The van der Waals surface area contributed by atoms with Crippen LogP contribution in [-0.2, 0) is 4.74 Å². The Hall–Kier alpha value is -3.06. The first-order valence-corrected chi connectivity index (χ1v) is 9.53. The Kier molecular flexibility index (Phi) is 5.84. The molecule has 1 heterocycles. The minimum absolute atomic E-state index is 0.157. The Morgan fingerprint density at radius 3 is 2.64 bits per heavy atom. The zero-order valence-electron chi connectivity index (χ0n) is 15.8. The number of hydrogen-bond donors (Lipinski definition) is 1. The normalized spacial score (nSPS) is 11.6. The summed E-state index contributed by atoms with van der Waals surface area (Å²) in [5.74, 6) is -1.12. The maximum Gasteiger partial charge on any atom is 0.338 e. The molecular weight excluding hydrogens is 377 g/mol. The van der Waals surface area contributed by atoms with Gasteiger partial charge >= 0.3 is 5.97 Å². The lowest BCUT2D eigenvalue weighted by Crippen LogP contribution is -2.24. The van der Waals surface area contributed by atoms with Crippen LogP contribution in [0.4, 0.5) is 9.52 Å². The highest BCUT2D eigenvalue weighted by Gasteiger charge is 2.18. The molecule has 0 bridgehead atoms. The van der Waals surface area contributed by atoms with Crippen LogP contribution in [0.25, 0.3) is 11.3 Å². The van der Waals surface area contributed by atoms with Gasteiger partial charge in [0.2, 0.25) is 5.13 Å². The molecule has 0 saturated heterocycles. The molecule has 0 atom stereocenters. The van der Waals surface area contributed by atoms with E-state index in [9.17, 15) is 9.18 Å². The van der Waals surface area contributed by atoms with E-state index in [4.69, 9.17) is 4.74 Å². The van der Waals surface area contributed by atoms with Crippen molar-refractivity contribution in [3.8, 4) is 11.3 Å². The molecule has 3 rings (SSSR count). The summed E-state index contributed by atoms with van der Waals surface area (Å²) in [6.45, 7) is 5.28. The number of halogens is 1. The van der Waals surface area contributed by atoms with Gasteiger partial charge in [-0.05, 0) is 39.0 Å². The van der Waals surface area contributed by atoms with Gasteiger partial charge in [0.25, 0.3) is 0 Å². The molecule has 0 amide bonds. The maximum atomic E-state index is 14.3. The molecule has 144 valence electrons. The van der Waals surface area contributed by atoms with Crippen LogP contribution in [0.15, 0.2) is 59.0 Å². The summed E-state index contributed by atoms with van der Waals surface area (Å²) in [4.78, 5) is 16.4. The van der Waals surface area contributed by atoms with E-state index in [2.05, 4.69) is 15.5 Å². The van der Waals surface area contributed by atoms with Gasteiger partial charge < -0.3 is 4.74 Å². The van der Waals surface area contributed by atoms with E-state index < -0.39 is 17.4 Å². The molecule has 2 aromatic carbocycles. The molecule has 0 unspecified atom stereocenters. The molecule has 0 aliphatic carbocycles. The van der Waals surface area contributed by atoms with E-state index in [-0.39, 0.29) is 11.1 Å². The summed E-state index contributed by atoms with van der Waals surface area (Å²) in [5, 5.41) is 6.55. The topological polar surface area (TPSA) is 63.6 Å². The van der Waals surface area contributed by atoms with Crippen molar-refractivity contribution in [2.24, 2.45) is 5.10 Å². The zero-order chi connectivity index (χ0) is 20.1. The number of nitrogens with zero attached hydrogens (tertiary/aromatic N) is 2. The first kappa shape index (κ1) is 19.7. The number of carbonyl (C=O) groups is 1. The lowest BCUT2D eigenvalue weighted by atomic mass is 10.1. The smallest absolute Gasteiger partial charge is 0.338 e. The predicted octanol–water partition coefficient (Wildman–Crippen LogP) is 5.35. The fraction of sp³-hybridized carbons (Fsp3) is 0.190. The predicted molar refractivity (Wildman–Crippen MR) is 110 cm³/mol. The van der Waals surface area contributed by atoms with Gasteiger partial charge in [-0.15, -0.1) is 11.3 Å². The lowest BCUT2D eigenvalue weighted by Gasteiger charge is -2.19. The fourth-order valence-corrected chi connectivity index (χ4v) is 2.99. The van der Waals surface area contributed by atoms with Crippen LogP contribution in [0.2, 0.25) is 0 Å². The van der Waals surface area contributed by atoms with Crippen LogP contribution >= 0.6 is 11.3 Å². The molecule has 7 heteroatoms. The molecule has 1 N–H and O–H groups in total. The van der Waals surface area contributed by atoms with E-state index in [0.29, 0.717) is 5.13 Å². The van der Waals surface area contributed by atoms with Gasteiger partial charge in [0.05, 0.1) is 17.5 Å². The number of anilines is 1. The summed E-state index contributed by atoms with van der Waals surface area (Å²) in [5.41, 5.74) is 4.43. The fourth-order valence-electron chi connectivity index (χ4n) is 2.32. The number of carbonyl (C=O) groups excluding carboxylic acids is 1. The number of hydrogen-bond acceptors (Lipinski definition) is 6. The summed E-state index contributed by atoms with van der Waals surface area (Å²) >= 11 is 1.40. The Morgan fingerprint density at radius 2 is 1.96 bits per heavy atom. The summed E-state index contributed by atoms with van der Waals surface area (Å²) in [6, 6.07) is 13.9. The average molecular weight is 397 g/mol. The quantitative estimate of drug-likeness (QED) is 0.358. The van der Waals surface area contributed by atoms with Crippen molar-refractivity contribution in [1.29, 1.82) is 0 Å². The second kappa shape index (κ2) is 8.31. The Labute approximate surface area is 166 Å². The second-order valence-corrected chi connectivity index (χ2v) is 7.87. The van der Waals surface area contributed by atoms with Crippen molar-refractivity contribution < 1.29 is 13.9 Å². The molecule has 0 spiro atoms. The highest BCUT2D eigenvalue weighted by Crippen LogP contribution is 2.24. The first-order valence-electron chi connectivity index (χ1n) is 8.65. The van der Waals surface area contributed by atoms with Crippen LogP contribution in [0.1, 0.15) is 36.7 Å². The number of aromatic nitrogens is 1. The molecule has 5 nitrogen and oxygen atoms in total. The average Bonchev–Trinajstić information content (AvgIpc) is 3.11. The number of benzene rings is 2. The van der Waals surface area contributed by atoms with Crippen molar-refractivity contribution in [2.45, 2.75) is 26.4 Å². The van der Waals surface area contributed by atoms with E-state index in [1.54, 1.807) is 20.8 Å². The van der Waals surface area contributed by atoms with Crippen molar-refractivity contribution in [1.82, 2.24) is 4.98 Å². The molecule has 0 aliphatic rings. The zero-order valence-corrected chi connectivity index (χ0v) is 16.6. The van der Waals surface area contributed by atoms with Crippen molar-refractivity contribution >= 4 is 28.7 Å². The molecular formula is C21H20FN3O2S. The number of thiazole rings is 1. The minimum Gasteiger partial charge on any atom is -0.456 e. The van der Waals surface area contributed by atoms with E-state index in [1.165, 1.54) is 29.7 Å².